The maximum atomic E-state index is 10.2. The lowest BCUT2D eigenvalue weighted by Gasteiger charge is -2.07. The average Bonchev–Trinajstić information content (AvgIpc) is 3.00. The van der Waals surface area contributed by atoms with E-state index >= 15 is 0 Å². The summed E-state index contributed by atoms with van der Waals surface area (Å²) >= 11 is 0. The summed E-state index contributed by atoms with van der Waals surface area (Å²) in [6.07, 6.45) is 1.78. The average molecular weight is 223 g/mol. The quantitative estimate of drug-likeness (QED) is 0.652. The Morgan fingerprint density at radius 2 is 1.71 bits per heavy atom. The lowest BCUT2D eigenvalue weighted by atomic mass is 10.0. The molecule has 1 fully saturated rings. The molecule has 1 aliphatic carbocycles. The maximum absolute atomic E-state index is 10.2. The van der Waals surface area contributed by atoms with Crippen molar-refractivity contribution in [3.63, 3.8) is 0 Å². The van der Waals surface area contributed by atoms with Gasteiger partial charge in [-0.25, -0.2) is 0 Å². The first-order valence-electron chi connectivity index (χ1n) is 6.00. The topological polar surface area (TPSA) is 36.0 Å². The van der Waals surface area contributed by atoms with E-state index in [1.165, 1.54) is 10.8 Å². The largest absolute Gasteiger partial charge is 0.385 e. The molecule has 2 aromatic carbocycles. The summed E-state index contributed by atoms with van der Waals surface area (Å²) in [6.45, 7) is 0. The van der Waals surface area contributed by atoms with Crippen molar-refractivity contribution in [1.29, 1.82) is 0 Å². The minimum atomic E-state index is -0.549. The van der Waals surface area contributed by atoms with Crippen LogP contribution in [0, 0.1) is 0 Å². The minimum absolute atomic E-state index is 0.549. The van der Waals surface area contributed by atoms with E-state index in [9.17, 15) is 5.11 Å². The van der Waals surface area contributed by atoms with Crippen molar-refractivity contribution in [2.24, 2.45) is 0 Å². The number of fused-ring (bicyclic) bond motifs is 3. The van der Waals surface area contributed by atoms with E-state index in [-0.39, 0.29) is 0 Å². The molecular formula is C15H13NO. The smallest absolute Gasteiger partial charge is 0.0899 e. The van der Waals surface area contributed by atoms with Crippen LogP contribution >= 0.6 is 0 Å². The SMILES string of the molecule is OC1(c2ccc3[nH]c4ccccc4c3c2)CC1. The zero-order valence-electron chi connectivity index (χ0n) is 9.40. The molecule has 0 spiro atoms. The molecule has 0 amide bonds. The molecular weight excluding hydrogens is 210 g/mol. The van der Waals surface area contributed by atoms with Gasteiger partial charge in [-0.15, -0.1) is 0 Å². The lowest BCUT2D eigenvalue weighted by Crippen LogP contribution is -2.03. The van der Waals surface area contributed by atoms with E-state index in [0.29, 0.717) is 0 Å². The Labute approximate surface area is 98.9 Å². The van der Waals surface area contributed by atoms with Crippen molar-refractivity contribution in [2.75, 3.05) is 0 Å². The van der Waals surface area contributed by atoms with E-state index < -0.39 is 5.60 Å². The summed E-state index contributed by atoms with van der Waals surface area (Å²) in [5.74, 6) is 0. The fraction of sp³-hybridized carbons (Fsp3) is 0.200. The summed E-state index contributed by atoms with van der Waals surface area (Å²) in [4.78, 5) is 3.40. The van der Waals surface area contributed by atoms with Crippen molar-refractivity contribution in [3.8, 4) is 0 Å². The van der Waals surface area contributed by atoms with Crippen LogP contribution in [0.15, 0.2) is 42.5 Å². The summed E-state index contributed by atoms with van der Waals surface area (Å²) in [5, 5.41) is 12.6. The first kappa shape index (κ1) is 9.25. The van der Waals surface area contributed by atoms with Crippen LogP contribution in [-0.2, 0) is 5.60 Å². The standard InChI is InChI=1S/C15H13NO/c17-15(7-8-15)10-5-6-14-12(9-10)11-3-1-2-4-13(11)16-14/h1-6,9,16-17H,7-8H2. The zero-order valence-corrected chi connectivity index (χ0v) is 9.40. The molecule has 1 aromatic heterocycles. The molecule has 0 bridgehead atoms. The molecule has 1 aliphatic rings. The fourth-order valence-electron chi connectivity index (χ4n) is 2.54. The van der Waals surface area contributed by atoms with E-state index in [2.05, 4.69) is 29.2 Å². The van der Waals surface area contributed by atoms with Gasteiger partial charge in [-0.3, -0.25) is 0 Å². The van der Waals surface area contributed by atoms with Gasteiger partial charge in [-0.05, 0) is 36.6 Å². The first-order valence-corrected chi connectivity index (χ1v) is 6.00. The first-order chi connectivity index (χ1) is 8.26. The molecule has 0 aliphatic heterocycles. The maximum Gasteiger partial charge on any atom is 0.0899 e. The van der Waals surface area contributed by atoms with Crippen LogP contribution in [0.2, 0.25) is 0 Å². The van der Waals surface area contributed by atoms with Gasteiger partial charge in [0.25, 0.3) is 0 Å². The number of rotatable bonds is 1. The van der Waals surface area contributed by atoms with E-state index in [1.807, 2.05) is 18.2 Å². The second-order valence-corrected chi connectivity index (χ2v) is 4.96. The Bertz CT molecular complexity index is 722. The van der Waals surface area contributed by atoms with E-state index in [0.717, 1.165) is 29.4 Å². The summed E-state index contributed by atoms with van der Waals surface area (Å²) in [6, 6.07) is 14.5. The Hall–Kier alpha value is -1.80. The van der Waals surface area contributed by atoms with Crippen molar-refractivity contribution in [3.05, 3.63) is 48.0 Å². The van der Waals surface area contributed by atoms with Crippen molar-refractivity contribution in [2.45, 2.75) is 18.4 Å². The number of H-pyrrole nitrogens is 1. The number of para-hydroxylation sites is 1. The third-order valence-corrected chi connectivity index (χ3v) is 3.77. The second kappa shape index (κ2) is 2.90. The minimum Gasteiger partial charge on any atom is -0.385 e. The highest BCUT2D eigenvalue weighted by molar-refractivity contribution is 6.07. The molecule has 1 saturated carbocycles. The van der Waals surface area contributed by atoms with Gasteiger partial charge in [0, 0.05) is 21.8 Å². The van der Waals surface area contributed by atoms with Gasteiger partial charge in [0.15, 0.2) is 0 Å². The van der Waals surface area contributed by atoms with Crippen molar-refractivity contribution < 1.29 is 5.11 Å². The van der Waals surface area contributed by atoms with E-state index in [1.54, 1.807) is 0 Å². The Balaban J connectivity index is 2.07. The molecule has 4 rings (SSSR count). The van der Waals surface area contributed by atoms with Gasteiger partial charge in [0.1, 0.15) is 0 Å². The van der Waals surface area contributed by atoms with Gasteiger partial charge >= 0.3 is 0 Å². The van der Waals surface area contributed by atoms with Gasteiger partial charge in [0.05, 0.1) is 5.60 Å². The van der Waals surface area contributed by atoms with Crippen LogP contribution in [0.1, 0.15) is 18.4 Å². The summed E-state index contributed by atoms with van der Waals surface area (Å²) in [5.41, 5.74) is 2.79. The number of hydrogen-bond acceptors (Lipinski definition) is 1. The highest BCUT2D eigenvalue weighted by Crippen LogP contribution is 2.46. The van der Waals surface area contributed by atoms with Crippen LogP contribution < -0.4 is 0 Å². The molecule has 0 atom stereocenters. The molecule has 17 heavy (non-hydrogen) atoms. The number of aliphatic hydroxyl groups is 1. The van der Waals surface area contributed by atoms with Crippen LogP contribution in [0.3, 0.4) is 0 Å². The zero-order chi connectivity index (χ0) is 11.5. The van der Waals surface area contributed by atoms with Crippen LogP contribution in [0.4, 0.5) is 0 Å². The second-order valence-electron chi connectivity index (χ2n) is 4.96. The van der Waals surface area contributed by atoms with Crippen molar-refractivity contribution >= 4 is 21.8 Å². The van der Waals surface area contributed by atoms with Crippen molar-refractivity contribution in [1.82, 2.24) is 4.98 Å². The molecule has 84 valence electrons. The number of benzene rings is 2. The van der Waals surface area contributed by atoms with Gasteiger partial charge < -0.3 is 10.1 Å². The molecule has 2 heteroatoms. The molecule has 2 N–H and O–H groups in total. The molecule has 0 unspecified atom stereocenters. The van der Waals surface area contributed by atoms with Gasteiger partial charge in [0.2, 0.25) is 0 Å². The molecule has 0 radical (unpaired) electrons. The van der Waals surface area contributed by atoms with Crippen LogP contribution in [0.25, 0.3) is 21.8 Å². The monoisotopic (exact) mass is 223 g/mol. The molecule has 0 saturated heterocycles. The fourth-order valence-corrected chi connectivity index (χ4v) is 2.54. The summed E-state index contributed by atoms with van der Waals surface area (Å²) < 4.78 is 0. The van der Waals surface area contributed by atoms with Gasteiger partial charge in [-0.1, -0.05) is 24.3 Å². The normalized spacial score (nSPS) is 17.7. The molecule has 2 nitrogen and oxygen atoms in total. The molecule has 1 heterocycles. The predicted molar refractivity (Wildman–Crippen MR) is 68.9 cm³/mol. The summed E-state index contributed by atoms with van der Waals surface area (Å²) in [7, 11) is 0. The highest BCUT2D eigenvalue weighted by Gasteiger charge is 2.42. The van der Waals surface area contributed by atoms with E-state index in [4.69, 9.17) is 0 Å². The highest BCUT2D eigenvalue weighted by atomic mass is 16.3. The Morgan fingerprint density at radius 3 is 2.53 bits per heavy atom. The lowest BCUT2D eigenvalue weighted by molar-refractivity contribution is 0.151. The third-order valence-electron chi connectivity index (χ3n) is 3.77. The number of aromatic nitrogens is 1. The Kier molecular flexibility index (Phi) is 1.58. The predicted octanol–water partition coefficient (Wildman–Crippen LogP) is 3.30. The number of aromatic amines is 1. The van der Waals surface area contributed by atoms with Gasteiger partial charge in [-0.2, -0.15) is 0 Å². The molecule has 3 aromatic rings. The third kappa shape index (κ3) is 1.25. The van der Waals surface area contributed by atoms with Crippen LogP contribution in [0.5, 0.6) is 0 Å². The Morgan fingerprint density at radius 1 is 0.941 bits per heavy atom. The van der Waals surface area contributed by atoms with Crippen LogP contribution in [-0.4, -0.2) is 10.1 Å². The number of nitrogens with one attached hydrogen (secondary N) is 1. The number of hydrogen-bond donors (Lipinski definition) is 2.